The van der Waals surface area contributed by atoms with Crippen molar-refractivity contribution in [1.82, 2.24) is 4.98 Å². The van der Waals surface area contributed by atoms with Gasteiger partial charge < -0.3 is 5.11 Å². The van der Waals surface area contributed by atoms with Crippen LogP contribution in [0.15, 0.2) is 22.8 Å². The second-order valence-electron chi connectivity index (χ2n) is 2.29. The Labute approximate surface area is 74.4 Å². The summed E-state index contributed by atoms with van der Waals surface area (Å²) in [4.78, 5) is 4.05. The molecule has 1 rings (SSSR count). The molecular weight excluding hydrogens is 206 g/mol. The minimum Gasteiger partial charge on any atom is -0.387 e. The van der Waals surface area contributed by atoms with Crippen LogP contribution in [0, 0.1) is 0 Å². The monoisotopic (exact) mass is 215 g/mol. The summed E-state index contributed by atoms with van der Waals surface area (Å²) in [6.45, 7) is 1.92. The molecule has 0 aliphatic carbocycles. The van der Waals surface area contributed by atoms with E-state index in [1.165, 1.54) is 0 Å². The Kier molecular flexibility index (Phi) is 3.02. The van der Waals surface area contributed by atoms with Gasteiger partial charge in [0.2, 0.25) is 0 Å². The predicted molar refractivity (Wildman–Crippen MR) is 47.2 cm³/mol. The van der Waals surface area contributed by atoms with Gasteiger partial charge in [0.05, 0.1) is 11.8 Å². The van der Waals surface area contributed by atoms with E-state index in [0.717, 1.165) is 10.2 Å². The average molecular weight is 216 g/mol. The zero-order valence-corrected chi connectivity index (χ0v) is 7.87. The summed E-state index contributed by atoms with van der Waals surface area (Å²) >= 11 is 3.32. The van der Waals surface area contributed by atoms with E-state index in [1.54, 1.807) is 6.20 Å². The molecular formula is C8H10BrNO. The summed E-state index contributed by atoms with van der Waals surface area (Å²) in [5, 5.41) is 9.42. The largest absolute Gasteiger partial charge is 0.387 e. The highest BCUT2D eigenvalue weighted by Crippen LogP contribution is 2.22. The predicted octanol–water partition coefficient (Wildman–Crippen LogP) is 2.29. The topological polar surface area (TPSA) is 33.1 Å². The molecule has 1 atom stereocenters. The van der Waals surface area contributed by atoms with Crippen LogP contribution >= 0.6 is 15.9 Å². The van der Waals surface area contributed by atoms with E-state index in [0.29, 0.717) is 6.42 Å². The van der Waals surface area contributed by atoms with E-state index in [-0.39, 0.29) is 0 Å². The fourth-order valence-electron chi connectivity index (χ4n) is 0.836. The second-order valence-corrected chi connectivity index (χ2v) is 3.15. The van der Waals surface area contributed by atoms with Gasteiger partial charge in [-0.3, -0.25) is 4.98 Å². The normalized spacial score (nSPS) is 13.0. The van der Waals surface area contributed by atoms with Gasteiger partial charge in [0, 0.05) is 10.7 Å². The van der Waals surface area contributed by atoms with E-state index in [1.807, 2.05) is 19.1 Å². The average Bonchev–Trinajstić information content (AvgIpc) is 2.04. The highest BCUT2D eigenvalue weighted by atomic mass is 79.9. The van der Waals surface area contributed by atoms with E-state index < -0.39 is 6.10 Å². The Balaban J connectivity index is 2.93. The lowest BCUT2D eigenvalue weighted by molar-refractivity contribution is 0.168. The number of pyridine rings is 1. The molecule has 60 valence electrons. The smallest absolute Gasteiger partial charge is 0.0968 e. The molecule has 1 aromatic rings. The van der Waals surface area contributed by atoms with Gasteiger partial charge in [-0.2, -0.15) is 0 Å². The molecule has 0 bridgehead atoms. The number of hydrogen-bond acceptors (Lipinski definition) is 2. The van der Waals surface area contributed by atoms with Crippen molar-refractivity contribution >= 4 is 15.9 Å². The third-order valence-electron chi connectivity index (χ3n) is 1.49. The van der Waals surface area contributed by atoms with Gasteiger partial charge in [0.25, 0.3) is 0 Å². The molecule has 0 saturated carbocycles. The maximum atomic E-state index is 9.42. The molecule has 0 spiro atoms. The first-order valence-corrected chi connectivity index (χ1v) is 4.33. The number of nitrogens with zero attached hydrogens (tertiary/aromatic N) is 1. The van der Waals surface area contributed by atoms with E-state index in [9.17, 15) is 5.11 Å². The Hall–Kier alpha value is -0.410. The molecule has 2 nitrogen and oxygen atoms in total. The Morgan fingerprint density at radius 2 is 2.45 bits per heavy atom. The third-order valence-corrected chi connectivity index (χ3v) is 2.16. The van der Waals surface area contributed by atoms with Crippen molar-refractivity contribution < 1.29 is 5.11 Å². The quantitative estimate of drug-likeness (QED) is 0.822. The van der Waals surface area contributed by atoms with Crippen molar-refractivity contribution in [3.8, 4) is 0 Å². The van der Waals surface area contributed by atoms with E-state index in [2.05, 4.69) is 20.9 Å². The lowest BCUT2D eigenvalue weighted by Crippen LogP contribution is -1.98. The fraction of sp³-hybridized carbons (Fsp3) is 0.375. The summed E-state index contributed by atoms with van der Waals surface area (Å²) < 4.78 is 0.870. The molecule has 3 heteroatoms. The number of halogens is 1. The number of aromatic nitrogens is 1. The first-order valence-electron chi connectivity index (χ1n) is 3.54. The standard InChI is InChI=1S/C8H10BrNO/c1-2-7(11)8-6(9)4-3-5-10-8/h3-5,7,11H,2H2,1H3. The number of aliphatic hydroxyl groups excluding tert-OH is 1. The van der Waals surface area contributed by atoms with E-state index >= 15 is 0 Å². The van der Waals surface area contributed by atoms with Crippen molar-refractivity contribution in [3.05, 3.63) is 28.5 Å². The minimum absolute atomic E-state index is 0.453. The van der Waals surface area contributed by atoms with Gasteiger partial charge in [0.1, 0.15) is 0 Å². The van der Waals surface area contributed by atoms with Crippen molar-refractivity contribution in [2.45, 2.75) is 19.4 Å². The minimum atomic E-state index is -0.453. The fourth-order valence-corrected chi connectivity index (χ4v) is 1.36. The maximum absolute atomic E-state index is 9.42. The SMILES string of the molecule is CCC(O)c1ncccc1Br. The molecule has 0 radical (unpaired) electrons. The van der Waals surface area contributed by atoms with Gasteiger partial charge in [-0.05, 0) is 34.5 Å². The zero-order valence-electron chi connectivity index (χ0n) is 6.29. The second kappa shape index (κ2) is 3.83. The Morgan fingerprint density at radius 1 is 1.73 bits per heavy atom. The van der Waals surface area contributed by atoms with Crippen LogP contribution in [0.5, 0.6) is 0 Å². The van der Waals surface area contributed by atoms with Gasteiger partial charge in [-0.25, -0.2) is 0 Å². The molecule has 11 heavy (non-hydrogen) atoms. The maximum Gasteiger partial charge on any atom is 0.0968 e. The third kappa shape index (κ3) is 2.01. The molecule has 1 N–H and O–H groups in total. The van der Waals surface area contributed by atoms with Crippen LogP contribution in [0.25, 0.3) is 0 Å². The van der Waals surface area contributed by atoms with Gasteiger partial charge in [0.15, 0.2) is 0 Å². The molecule has 0 aliphatic rings. The molecule has 0 amide bonds. The summed E-state index contributed by atoms with van der Waals surface area (Å²) in [6.07, 6.45) is 1.92. The van der Waals surface area contributed by atoms with Crippen LogP contribution in [-0.2, 0) is 0 Å². The molecule has 0 saturated heterocycles. The molecule has 1 aromatic heterocycles. The molecule has 0 fully saturated rings. The molecule has 1 heterocycles. The summed E-state index contributed by atoms with van der Waals surface area (Å²) in [5.74, 6) is 0. The number of aliphatic hydroxyl groups is 1. The number of hydrogen-bond donors (Lipinski definition) is 1. The van der Waals surface area contributed by atoms with Crippen molar-refractivity contribution in [2.24, 2.45) is 0 Å². The van der Waals surface area contributed by atoms with E-state index in [4.69, 9.17) is 0 Å². The van der Waals surface area contributed by atoms with Crippen LogP contribution in [-0.4, -0.2) is 10.1 Å². The van der Waals surface area contributed by atoms with Crippen molar-refractivity contribution in [3.63, 3.8) is 0 Å². The summed E-state index contributed by atoms with van der Waals surface area (Å²) in [5.41, 5.74) is 0.718. The molecule has 0 aliphatic heterocycles. The van der Waals surface area contributed by atoms with Crippen LogP contribution < -0.4 is 0 Å². The first kappa shape index (κ1) is 8.68. The summed E-state index contributed by atoms with van der Waals surface area (Å²) in [6, 6.07) is 3.71. The summed E-state index contributed by atoms with van der Waals surface area (Å²) in [7, 11) is 0. The lowest BCUT2D eigenvalue weighted by atomic mass is 10.2. The highest BCUT2D eigenvalue weighted by molar-refractivity contribution is 9.10. The zero-order chi connectivity index (χ0) is 8.27. The van der Waals surface area contributed by atoms with Crippen LogP contribution in [0.1, 0.15) is 25.1 Å². The van der Waals surface area contributed by atoms with Gasteiger partial charge in [-0.15, -0.1) is 0 Å². The van der Waals surface area contributed by atoms with Gasteiger partial charge >= 0.3 is 0 Å². The van der Waals surface area contributed by atoms with Crippen molar-refractivity contribution in [2.75, 3.05) is 0 Å². The highest BCUT2D eigenvalue weighted by Gasteiger charge is 2.08. The molecule has 0 aromatic carbocycles. The first-order chi connectivity index (χ1) is 5.25. The van der Waals surface area contributed by atoms with Crippen LogP contribution in [0.3, 0.4) is 0 Å². The van der Waals surface area contributed by atoms with Crippen LogP contribution in [0.4, 0.5) is 0 Å². The lowest BCUT2D eigenvalue weighted by Gasteiger charge is -2.07. The molecule has 1 unspecified atom stereocenters. The Morgan fingerprint density at radius 3 is 3.00 bits per heavy atom. The van der Waals surface area contributed by atoms with Gasteiger partial charge in [-0.1, -0.05) is 6.92 Å². The number of rotatable bonds is 2. The Bertz CT molecular complexity index is 239. The van der Waals surface area contributed by atoms with Crippen LogP contribution in [0.2, 0.25) is 0 Å². The van der Waals surface area contributed by atoms with Crippen molar-refractivity contribution in [1.29, 1.82) is 0 Å².